The third-order valence-corrected chi connectivity index (χ3v) is 4.31. The van der Waals surface area contributed by atoms with Crippen molar-refractivity contribution in [2.24, 2.45) is 0 Å². The van der Waals surface area contributed by atoms with Crippen LogP contribution in [0, 0.1) is 0 Å². The second kappa shape index (κ2) is 11.9. The quantitative estimate of drug-likeness (QED) is 0.556. The van der Waals surface area contributed by atoms with Crippen molar-refractivity contribution in [3.05, 3.63) is 48.0 Å². The molecule has 2 N–H and O–H groups in total. The normalized spacial score (nSPS) is 10.8. The smallest absolute Gasteiger partial charge is 0.412 e. The Bertz CT molecular complexity index is 1020. The first-order valence-electron chi connectivity index (χ1n) is 11.1. The molecule has 0 unspecified atom stereocenters. The van der Waals surface area contributed by atoms with Crippen LogP contribution in [0.4, 0.5) is 16.2 Å². The van der Waals surface area contributed by atoms with E-state index in [-0.39, 0.29) is 18.4 Å². The molecule has 2 aromatic rings. The van der Waals surface area contributed by atoms with Crippen LogP contribution in [0.25, 0.3) is 0 Å². The summed E-state index contributed by atoms with van der Waals surface area (Å²) in [4.78, 5) is 38.6. The summed E-state index contributed by atoms with van der Waals surface area (Å²) < 4.78 is 16.3. The molecule has 0 aromatic heterocycles. The van der Waals surface area contributed by atoms with Gasteiger partial charge in [-0.1, -0.05) is 6.07 Å². The van der Waals surface area contributed by atoms with E-state index in [0.29, 0.717) is 41.7 Å². The van der Waals surface area contributed by atoms with Gasteiger partial charge in [-0.15, -0.1) is 0 Å². The second-order valence-corrected chi connectivity index (χ2v) is 8.44. The van der Waals surface area contributed by atoms with Crippen LogP contribution in [0.15, 0.2) is 42.5 Å². The largest absolute Gasteiger partial charge is 0.490 e. The van der Waals surface area contributed by atoms with Gasteiger partial charge in [0.05, 0.1) is 19.8 Å². The average molecular weight is 472 g/mol. The van der Waals surface area contributed by atoms with Crippen molar-refractivity contribution >= 4 is 29.3 Å². The first-order chi connectivity index (χ1) is 16.0. The van der Waals surface area contributed by atoms with Gasteiger partial charge in [0.25, 0.3) is 5.91 Å². The van der Waals surface area contributed by atoms with E-state index in [1.54, 1.807) is 57.2 Å². The third-order valence-electron chi connectivity index (χ3n) is 4.31. The first kappa shape index (κ1) is 26.5. The number of hydrogen-bond acceptors (Lipinski definition) is 6. The van der Waals surface area contributed by atoms with E-state index in [4.69, 9.17) is 14.2 Å². The summed E-state index contributed by atoms with van der Waals surface area (Å²) in [6, 6.07) is 11.5. The molecule has 0 saturated carbocycles. The van der Waals surface area contributed by atoms with Gasteiger partial charge in [-0.2, -0.15) is 0 Å². The number of anilines is 2. The Morgan fingerprint density at radius 3 is 2.18 bits per heavy atom. The van der Waals surface area contributed by atoms with Crippen molar-refractivity contribution in [2.45, 2.75) is 40.2 Å². The van der Waals surface area contributed by atoms with Crippen molar-refractivity contribution in [2.75, 3.05) is 37.4 Å². The lowest BCUT2D eigenvalue weighted by atomic mass is 10.1. The molecule has 0 atom stereocenters. The molecule has 2 aromatic carbocycles. The fourth-order valence-corrected chi connectivity index (χ4v) is 2.99. The second-order valence-electron chi connectivity index (χ2n) is 8.44. The van der Waals surface area contributed by atoms with Crippen LogP contribution in [0.2, 0.25) is 0 Å². The van der Waals surface area contributed by atoms with Crippen LogP contribution in [-0.2, 0) is 9.53 Å². The van der Waals surface area contributed by atoms with Gasteiger partial charge in [0.2, 0.25) is 5.91 Å². The van der Waals surface area contributed by atoms with Gasteiger partial charge in [-0.3, -0.25) is 14.9 Å². The molecule has 0 aliphatic rings. The van der Waals surface area contributed by atoms with E-state index in [1.807, 2.05) is 13.8 Å². The summed E-state index contributed by atoms with van der Waals surface area (Å²) in [5.74, 6) is 0.380. The van der Waals surface area contributed by atoms with Crippen molar-refractivity contribution in [3.8, 4) is 11.5 Å². The highest BCUT2D eigenvalue weighted by atomic mass is 16.6. The standard InChI is InChI=1S/C25H33N3O6/c1-7-32-20-13-12-19(15-21(20)33-8-2)26-22(29)16-28(6)23(30)17-10-9-11-18(14-17)27-24(31)34-25(3,4)5/h9-15H,7-8,16H2,1-6H3,(H,26,29)(H,27,31). The summed E-state index contributed by atoms with van der Waals surface area (Å²) in [5.41, 5.74) is 0.623. The molecule has 34 heavy (non-hydrogen) atoms. The summed E-state index contributed by atoms with van der Waals surface area (Å²) in [6.07, 6.45) is -0.619. The van der Waals surface area contributed by atoms with Crippen molar-refractivity contribution in [1.82, 2.24) is 4.90 Å². The molecular formula is C25H33N3O6. The lowest BCUT2D eigenvalue weighted by Crippen LogP contribution is -2.35. The van der Waals surface area contributed by atoms with E-state index in [1.165, 1.54) is 18.0 Å². The minimum absolute atomic E-state index is 0.167. The highest BCUT2D eigenvalue weighted by molar-refractivity contribution is 6.00. The number of hydrogen-bond donors (Lipinski definition) is 2. The molecule has 0 radical (unpaired) electrons. The lowest BCUT2D eigenvalue weighted by Gasteiger charge is -2.20. The van der Waals surface area contributed by atoms with Crippen molar-refractivity contribution < 1.29 is 28.6 Å². The summed E-state index contributed by atoms with van der Waals surface area (Å²) in [6.45, 7) is 9.80. The summed E-state index contributed by atoms with van der Waals surface area (Å²) >= 11 is 0. The summed E-state index contributed by atoms with van der Waals surface area (Å²) in [7, 11) is 1.53. The number of ether oxygens (including phenoxy) is 3. The molecule has 0 heterocycles. The van der Waals surface area contributed by atoms with Gasteiger partial charge in [-0.05, 0) is 65.0 Å². The molecule has 2 rings (SSSR count). The predicted octanol–water partition coefficient (Wildman–Crippen LogP) is 4.54. The SMILES string of the molecule is CCOc1ccc(NC(=O)CN(C)C(=O)c2cccc(NC(=O)OC(C)(C)C)c2)cc1OCC. The van der Waals surface area contributed by atoms with E-state index in [9.17, 15) is 14.4 Å². The maximum Gasteiger partial charge on any atom is 0.412 e. The van der Waals surface area contributed by atoms with Crippen molar-refractivity contribution in [3.63, 3.8) is 0 Å². The number of rotatable bonds is 9. The van der Waals surface area contributed by atoms with Crippen LogP contribution < -0.4 is 20.1 Å². The molecule has 184 valence electrons. The van der Waals surface area contributed by atoms with Gasteiger partial charge in [0.1, 0.15) is 5.60 Å². The summed E-state index contributed by atoms with van der Waals surface area (Å²) in [5, 5.41) is 5.37. The monoisotopic (exact) mass is 471 g/mol. The zero-order valence-electron chi connectivity index (χ0n) is 20.6. The zero-order chi connectivity index (χ0) is 25.3. The van der Waals surface area contributed by atoms with Crippen LogP contribution in [0.5, 0.6) is 11.5 Å². The third kappa shape index (κ3) is 8.31. The zero-order valence-corrected chi connectivity index (χ0v) is 20.6. The number of benzene rings is 2. The van der Waals surface area contributed by atoms with E-state index < -0.39 is 11.7 Å². The Kier molecular flexibility index (Phi) is 9.29. The van der Waals surface area contributed by atoms with Crippen LogP contribution >= 0.6 is 0 Å². The Labute approximate surface area is 200 Å². The van der Waals surface area contributed by atoms with Crippen LogP contribution in [0.3, 0.4) is 0 Å². The maximum absolute atomic E-state index is 12.8. The molecular weight excluding hydrogens is 438 g/mol. The number of carbonyl (C=O) groups is 3. The fourth-order valence-electron chi connectivity index (χ4n) is 2.99. The van der Waals surface area contributed by atoms with Gasteiger partial charge >= 0.3 is 6.09 Å². The van der Waals surface area contributed by atoms with Crippen LogP contribution in [-0.4, -0.2) is 55.2 Å². The number of nitrogens with zero attached hydrogens (tertiary/aromatic N) is 1. The number of amides is 3. The Morgan fingerprint density at radius 1 is 0.882 bits per heavy atom. The van der Waals surface area contributed by atoms with Gasteiger partial charge in [-0.25, -0.2) is 4.79 Å². The Hall–Kier alpha value is -3.75. The molecule has 0 aliphatic carbocycles. The van der Waals surface area contributed by atoms with Gasteiger partial charge in [0.15, 0.2) is 11.5 Å². The molecule has 0 saturated heterocycles. The minimum atomic E-state index is -0.641. The minimum Gasteiger partial charge on any atom is -0.490 e. The molecule has 9 heteroatoms. The van der Waals surface area contributed by atoms with E-state index in [2.05, 4.69) is 10.6 Å². The lowest BCUT2D eigenvalue weighted by molar-refractivity contribution is -0.116. The number of nitrogens with one attached hydrogen (secondary N) is 2. The fraction of sp³-hybridized carbons (Fsp3) is 0.400. The molecule has 3 amide bonds. The number of carbonyl (C=O) groups excluding carboxylic acids is 3. The molecule has 0 spiro atoms. The molecule has 9 nitrogen and oxygen atoms in total. The first-order valence-corrected chi connectivity index (χ1v) is 11.1. The van der Waals surface area contributed by atoms with Crippen molar-refractivity contribution in [1.29, 1.82) is 0 Å². The van der Waals surface area contributed by atoms with Crippen LogP contribution in [0.1, 0.15) is 45.0 Å². The number of likely N-dealkylation sites (N-methyl/N-ethyl adjacent to an activating group) is 1. The Balaban J connectivity index is 2.01. The van der Waals surface area contributed by atoms with E-state index in [0.717, 1.165) is 0 Å². The molecule has 0 fully saturated rings. The van der Waals surface area contributed by atoms with Gasteiger partial charge in [0, 0.05) is 30.1 Å². The van der Waals surface area contributed by atoms with Gasteiger partial charge < -0.3 is 24.4 Å². The molecule has 0 bridgehead atoms. The Morgan fingerprint density at radius 2 is 1.53 bits per heavy atom. The highest BCUT2D eigenvalue weighted by Gasteiger charge is 2.19. The average Bonchev–Trinajstić information content (AvgIpc) is 2.74. The highest BCUT2D eigenvalue weighted by Crippen LogP contribution is 2.30. The predicted molar refractivity (Wildman–Crippen MR) is 131 cm³/mol. The van der Waals surface area contributed by atoms with E-state index >= 15 is 0 Å². The maximum atomic E-state index is 12.8. The topological polar surface area (TPSA) is 106 Å². The molecule has 0 aliphatic heterocycles.